The average Bonchev–Trinajstić information content (AvgIpc) is 3.42. The highest BCUT2D eigenvalue weighted by Gasteiger charge is 2.21. The van der Waals surface area contributed by atoms with Crippen molar-refractivity contribution >= 4 is 11.2 Å². The molecule has 1 aliphatic heterocycles. The molecule has 1 N–H and O–H groups in total. The summed E-state index contributed by atoms with van der Waals surface area (Å²) in [5, 5.41) is 4.48. The van der Waals surface area contributed by atoms with Gasteiger partial charge in [0.2, 0.25) is 0 Å². The number of imidazole rings is 1. The Morgan fingerprint density at radius 3 is 2.62 bits per heavy atom. The molecule has 0 bridgehead atoms. The molecule has 3 aromatic heterocycles. The lowest BCUT2D eigenvalue weighted by Crippen LogP contribution is -2.40. The first-order chi connectivity index (χ1) is 14.0. The van der Waals surface area contributed by atoms with Crippen molar-refractivity contribution in [1.29, 1.82) is 0 Å². The van der Waals surface area contributed by atoms with Crippen LogP contribution in [0.25, 0.3) is 22.6 Å². The molecule has 1 atom stereocenters. The molecule has 1 saturated heterocycles. The predicted octanol–water partition coefficient (Wildman–Crippen LogP) is 1.52. The van der Waals surface area contributed by atoms with Crippen molar-refractivity contribution < 1.29 is 0 Å². The molecule has 1 unspecified atom stereocenters. The maximum Gasteiger partial charge on any atom is 0.332 e. The molecular formula is C20H29N7O2. The third-order valence-electron chi connectivity index (χ3n) is 5.60. The molecule has 0 aliphatic carbocycles. The van der Waals surface area contributed by atoms with E-state index in [0.717, 1.165) is 38.0 Å². The maximum atomic E-state index is 12.9. The number of hydrogen-bond donors (Lipinski definition) is 1. The summed E-state index contributed by atoms with van der Waals surface area (Å²) in [4.78, 5) is 35.8. The van der Waals surface area contributed by atoms with Crippen LogP contribution in [0.1, 0.15) is 33.1 Å². The standard InChI is InChI=1S/C20H29N7O2/c1-4-7-26-18-16(19(28)27(8-5-2)20(26)29)22-17(23-18)15-10-21-25(13-15)12-14-6-9-24(3)11-14/h10,13-14H,4-9,11-12H2,1-3H3,(H,22,23). The van der Waals surface area contributed by atoms with Crippen molar-refractivity contribution in [3.8, 4) is 11.4 Å². The molecule has 0 spiro atoms. The van der Waals surface area contributed by atoms with Gasteiger partial charge in [0.05, 0.1) is 11.8 Å². The van der Waals surface area contributed by atoms with Gasteiger partial charge in [0.15, 0.2) is 5.65 Å². The smallest absolute Gasteiger partial charge is 0.332 e. The summed E-state index contributed by atoms with van der Waals surface area (Å²) in [6.07, 6.45) is 6.41. The van der Waals surface area contributed by atoms with E-state index in [2.05, 4.69) is 27.0 Å². The molecule has 9 nitrogen and oxygen atoms in total. The molecule has 9 heteroatoms. The molecule has 1 fully saturated rings. The van der Waals surface area contributed by atoms with Crippen LogP contribution >= 0.6 is 0 Å². The van der Waals surface area contributed by atoms with Crippen molar-refractivity contribution in [3.05, 3.63) is 33.2 Å². The van der Waals surface area contributed by atoms with Crippen LogP contribution in [0.4, 0.5) is 0 Å². The number of hydrogen-bond acceptors (Lipinski definition) is 5. The quantitative estimate of drug-likeness (QED) is 0.650. The molecule has 0 saturated carbocycles. The van der Waals surface area contributed by atoms with E-state index in [-0.39, 0.29) is 11.2 Å². The van der Waals surface area contributed by atoms with Gasteiger partial charge in [-0.2, -0.15) is 5.10 Å². The van der Waals surface area contributed by atoms with Crippen LogP contribution in [0.2, 0.25) is 0 Å². The van der Waals surface area contributed by atoms with Crippen molar-refractivity contribution in [2.45, 2.75) is 52.7 Å². The molecule has 0 aromatic carbocycles. The second-order valence-corrected chi connectivity index (χ2v) is 8.04. The third-order valence-corrected chi connectivity index (χ3v) is 5.60. The van der Waals surface area contributed by atoms with Gasteiger partial charge in [-0.15, -0.1) is 0 Å². The Bertz CT molecular complexity index is 1120. The van der Waals surface area contributed by atoms with E-state index in [1.54, 1.807) is 10.8 Å². The first-order valence-corrected chi connectivity index (χ1v) is 10.5. The SMILES string of the molecule is CCCn1c(=O)c2[nH]c(-c3cnn(CC4CCN(C)C4)c3)nc2n(CCC)c1=O. The van der Waals surface area contributed by atoms with Crippen molar-refractivity contribution in [2.24, 2.45) is 5.92 Å². The van der Waals surface area contributed by atoms with Gasteiger partial charge < -0.3 is 9.88 Å². The first kappa shape index (κ1) is 19.6. The normalized spacial score (nSPS) is 17.6. The number of fused-ring (bicyclic) bond motifs is 1. The lowest BCUT2D eigenvalue weighted by Gasteiger charge is -2.09. The minimum absolute atomic E-state index is 0.287. The van der Waals surface area contributed by atoms with Crippen molar-refractivity contribution in [2.75, 3.05) is 20.1 Å². The molecule has 0 amide bonds. The van der Waals surface area contributed by atoms with Crippen LogP contribution in [-0.2, 0) is 19.6 Å². The van der Waals surface area contributed by atoms with E-state index in [1.165, 1.54) is 11.0 Å². The zero-order valence-corrected chi connectivity index (χ0v) is 17.4. The first-order valence-electron chi connectivity index (χ1n) is 10.5. The number of nitrogens with one attached hydrogen (secondary N) is 1. The number of aromatic nitrogens is 6. The van der Waals surface area contributed by atoms with E-state index in [0.29, 0.717) is 36.0 Å². The highest BCUT2D eigenvalue weighted by molar-refractivity contribution is 5.75. The Balaban J connectivity index is 1.72. The van der Waals surface area contributed by atoms with E-state index >= 15 is 0 Å². The molecule has 3 aromatic rings. The molecule has 0 radical (unpaired) electrons. The molecule has 156 valence electrons. The fraction of sp³-hybridized carbons (Fsp3) is 0.600. The maximum absolute atomic E-state index is 12.9. The molecule has 4 rings (SSSR count). The predicted molar refractivity (Wildman–Crippen MR) is 112 cm³/mol. The van der Waals surface area contributed by atoms with Crippen molar-refractivity contribution in [1.82, 2.24) is 33.8 Å². The van der Waals surface area contributed by atoms with E-state index in [1.807, 2.05) is 24.7 Å². The van der Waals surface area contributed by atoms with Crippen molar-refractivity contribution in [3.63, 3.8) is 0 Å². The second kappa shape index (κ2) is 7.98. The number of H-pyrrole nitrogens is 1. The van der Waals surface area contributed by atoms with Crippen LogP contribution in [0.3, 0.4) is 0 Å². The largest absolute Gasteiger partial charge is 0.332 e. The lowest BCUT2D eigenvalue weighted by molar-refractivity contribution is 0.370. The highest BCUT2D eigenvalue weighted by atomic mass is 16.2. The fourth-order valence-corrected chi connectivity index (χ4v) is 4.17. The number of nitrogens with zero attached hydrogens (tertiary/aromatic N) is 6. The van der Waals surface area contributed by atoms with Gasteiger partial charge in [-0.1, -0.05) is 13.8 Å². The Labute approximate surface area is 169 Å². The summed E-state index contributed by atoms with van der Waals surface area (Å²) in [5.41, 5.74) is 1.04. The molecule has 29 heavy (non-hydrogen) atoms. The monoisotopic (exact) mass is 399 g/mol. The topological polar surface area (TPSA) is 93.7 Å². The highest BCUT2D eigenvalue weighted by Crippen LogP contribution is 2.20. The zero-order chi connectivity index (χ0) is 20.5. The Hall–Kier alpha value is -2.68. The van der Waals surface area contributed by atoms with Gasteiger partial charge in [-0.3, -0.25) is 18.6 Å². The lowest BCUT2D eigenvalue weighted by atomic mass is 10.1. The third kappa shape index (κ3) is 3.66. The van der Waals surface area contributed by atoms with E-state index < -0.39 is 0 Å². The second-order valence-electron chi connectivity index (χ2n) is 8.04. The Morgan fingerprint density at radius 2 is 1.93 bits per heavy atom. The summed E-state index contributed by atoms with van der Waals surface area (Å²) >= 11 is 0. The Morgan fingerprint density at radius 1 is 1.17 bits per heavy atom. The number of aromatic amines is 1. The minimum atomic E-state index is -0.306. The minimum Gasteiger partial charge on any atom is -0.332 e. The molecule has 1 aliphatic rings. The zero-order valence-electron chi connectivity index (χ0n) is 17.4. The number of likely N-dealkylation sites (tertiary alicyclic amines) is 1. The van der Waals surface area contributed by atoms with Crippen LogP contribution in [-0.4, -0.2) is 53.9 Å². The molecular weight excluding hydrogens is 370 g/mol. The van der Waals surface area contributed by atoms with Crippen LogP contribution in [0.5, 0.6) is 0 Å². The summed E-state index contributed by atoms with van der Waals surface area (Å²) in [5.74, 6) is 1.17. The van der Waals surface area contributed by atoms with Gasteiger partial charge in [-0.05, 0) is 38.8 Å². The van der Waals surface area contributed by atoms with Gasteiger partial charge in [-0.25, -0.2) is 9.78 Å². The summed E-state index contributed by atoms with van der Waals surface area (Å²) < 4.78 is 4.85. The van der Waals surface area contributed by atoms with Gasteiger partial charge in [0, 0.05) is 32.4 Å². The van der Waals surface area contributed by atoms with Gasteiger partial charge in [0.1, 0.15) is 11.3 Å². The van der Waals surface area contributed by atoms with E-state index in [9.17, 15) is 9.59 Å². The van der Waals surface area contributed by atoms with E-state index in [4.69, 9.17) is 0 Å². The number of aryl methyl sites for hydroxylation is 1. The Kier molecular flexibility index (Phi) is 5.40. The van der Waals surface area contributed by atoms with Gasteiger partial charge >= 0.3 is 5.69 Å². The summed E-state index contributed by atoms with van der Waals surface area (Å²) in [6, 6.07) is 0. The summed E-state index contributed by atoms with van der Waals surface area (Å²) in [7, 11) is 2.14. The van der Waals surface area contributed by atoms with Crippen LogP contribution in [0, 0.1) is 5.92 Å². The number of rotatable bonds is 7. The van der Waals surface area contributed by atoms with Gasteiger partial charge in [0.25, 0.3) is 5.56 Å². The fourth-order valence-electron chi connectivity index (χ4n) is 4.17. The van der Waals surface area contributed by atoms with Crippen LogP contribution < -0.4 is 11.2 Å². The average molecular weight is 399 g/mol. The summed E-state index contributed by atoms with van der Waals surface area (Å²) in [6.45, 7) is 7.97. The molecule has 4 heterocycles. The van der Waals surface area contributed by atoms with Crippen LogP contribution in [0.15, 0.2) is 22.0 Å².